The predicted octanol–water partition coefficient (Wildman–Crippen LogP) is 1.05. The Morgan fingerprint density at radius 2 is 2.60 bits per heavy atom. The quantitative estimate of drug-likeness (QED) is 0.753. The second-order valence-corrected chi connectivity index (χ2v) is 4.83. The van der Waals surface area contributed by atoms with Crippen LogP contribution in [0.15, 0.2) is 6.20 Å². The number of aryl methyl sites for hydroxylation is 1. The third kappa shape index (κ3) is 2.45. The van der Waals surface area contributed by atoms with Crippen molar-refractivity contribution in [1.29, 1.82) is 0 Å². The van der Waals surface area contributed by atoms with E-state index in [-0.39, 0.29) is 12.1 Å². The molecule has 1 saturated heterocycles. The number of aliphatic hydroxyl groups is 1. The average Bonchev–Trinajstić information content (AvgIpc) is 2.75. The summed E-state index contributed by atoms with van der Waals surface area (Å²) in [4.78, 5) is 18.3. The molecule has 1 atom stereocenters. The fourth-order valence-electron chi connectivity index (χ4n) is 1.51. The van der Waals surface area contributed by atoms with Crippen LogP contribution in [0.5, 0.6) is 0 Å². The van der Waals surface area contributed by atoms with Crippen LogP contribution in [0.2, 0.25) is 0 Å². The Hall–Kier alpha value is -1.14. The summed E-state index contributed by atoms with van der Waals surface area (Å²) < 4.78 is 0. The molecule has 1 aliphatic rings. The van der Waals surface area contributed by atoms with Gasteiger partial charge in [-0.15, -0.1) is 11.3 Å². The van der Waals surface area contributed by atoms with Crippen molar-refractivity contribution in [1.82, 2.24) is 9.88 Å². The molecule has 6 heteroatoms. The molecule has 1 aliphatic heterocycles. The van der Waals surface area contributed by atoms with Crippen molar-refractivity contribution in [3.63, 3.8) is 0 Å². The largest absolute Gasteiger partial charge is 0.391 e. The number of carbonyl (C=O) groups excluding carboxylic acids is 1. The maximum atomic E-state index is 11.6. The van der Waals surface area contributed by atoms with Gasteiger partial charge in [0.25, 0.3) is 0 Å². The molecule has 2 N–H and O–H groups in total. The molecule has 15 heavy (non-hydrogen) atoms. The van der Waals surface area contributed by atoms with Gasteiger partial charge in [0.05, 0.1) is 6.10 Å². The molecule has 1 aromatic rings. The number of nitrogens with zero attached hydrogens (tertiary/aromatic N) is 2. The zero-order valence-corrected chi connectivity index (χ0v) is 9.25. The molecule has 5 nitrogen and oxygen atoms in total. The van der Waals surface area contributed by atoms with Crippen molar-refractivity contribution in [3.8, 4) is 0 Å². The zero-order valence-electron chi connectivity index (χ0n) is 8.43. The van der Waals surface area contributed by atoms with Crippen molar-refractivity contribution < 1.29 is 9.90 Å². The topological polar surface area (TPSA) is 65.5 Å². The van der Waals surface area contributed by atoms with Gasteiger partial charge in [-0.1, -0.05) is 0 Å². The molecule has 82 valence electrons. The summed E-state index contributed by atoms with van der Waals surface area (Å²) in [5.41, 5.74) is 0. The highest BCUT2D eigenvalue weighted by Gasteiger charge is 2.24. The first-order valence-corrected chi connectivity index (χ1v) is 5.63. The maximum Gasteiger partial charge on any atom is 0.323 e. The van der Waals surface area contributed by atoms with Gasteiger partial charge in [-0.05, 0) is 13.3 Å². The minimum Gasteiger partial charge on any atom is -0.391 e. The predicted molar refractivity (Wildman–Crippen MR) is 58.1 cm³/mol. The molecule has 0 spiro atoms. The number of urea groups is 1. The summed E-state index contributed by atoms with van der Waals surface area (Å²) in [6.45, 7) is 2.96. The lowest BCUT2D eigenvalue weighted by Crippen LogP contribution is -2.33. The third-order valence-corrected chi connectivity index (χ3v) is 3.11. The fraction of sp³-hybridized carbons (Fsp3) is 0.556. The van der Waals surface area contributed by atoms with E-state index in [0.29, 0.717) is 24.6 Å². The summed E-state index contributed by atoms with van der Waals surface area (Å²) in [7, 11) is 0. The van der Waals surface area contributed by atoms with Gasteiger partial charge in [-0.2, -0.15) is 0 Å². The lowest BCUT2D eigenvalue weighted by Gasteiger charge is -2.14. The first-order chi connectivity index (χ1) is 7.15. The summed E-state index contributed by atoms with van der Waals surface area (Å²) in [6.07, 6.45) is 2.00. The number of anilines is 1. The van der Waals surface area contributed by atoms with Gasteiger partial charge in [-0.25, -0.2) is 9.78 Å². The van der Waals surface area contributed by atoms with E-state index in [2.05, 4.69) is 10.3 Å². The first-order valence-electron chi connectivity index (χ1n) is 4.81. The molecule has 1 fully saturated rings. The van der Waals surface area contributed by atoms with Gasteiger partial charge in [0.15, 0.2) is 5.13 Å². The Kier molecular flexibility index (Phi) is 2.88. The zero-order chi connectivity index (χ0) is 10.8. The van der Waals surface area contributed by atoms with Crippen LogP contribution in [0.25, 0.3) is 0 Å². The van der Waals surface area contributed by atoms with Crippen molar-refractivity contribution in [2.75, 3.05) is 18.4 Å². The molecule has 2 heterocycles. The number of hydrogen-bond donors (Lipinski definition) is 2. The van der Waals surface area contributed by atoms with Gasteiger partial charge >= 0.3 is 6.03 Å². The molecule has 0 radical (unpaired) electrons. The van der Waals surface area contributed by atoms with Crippen molar-refractivity contribution in [3.05, 3.63) is 11.1 Å². The Morgan fingerprint density at radius 3 is 3.13 bits per heavy atom. The number of amides is 2. The van der Waals surface area contributed by atoms with Crippen LogP contribution in [0.1, 0.15) is 11.3 Å². The van der Waals surface area contributed by atoms with Gasteiger partial charge < -0.3 is 10.0 Å². The second-order valence-electron chi connectivity index (χ2n) is 3.59. The fourth-order valence-corrected chi connectivity index (χ4v) is 2.16. The Morgan fingerprint density at radius 1 is 1.80 bits per heavy atom. The Labute approximate surface area is 91.7 Å². The first kappa shape index (κ1) is 10.4. The van der Waals surface area contributed by atoms with Gasteiger partial charge in [0, 0.05) is 24.2 Å². The van der Waals surface area contributed by atoms with E-state index in [4.69, 9.17) is 0 Å². The SMILES string of the molecule is Cc1cnc(NC(=O)N2CC[C@@H](O)C2)s1. The average molecular weight is 227 g/mol. The summed E-state index contributed by atoms with van der Waals surface area (Å²) in [5.74, 6) is 0. The monoisotopic (exact) mass is 227 g/mol. The Bertz CT molecular complexity index is 366. The number of aliphatic hydroxyl groups excluding tert-OH is 1. The molecular formula is C9H13N3O2S. The van der Waals surface area contributed by atoms with Crippen LogP contribution in [-0.4, -0.2) is 40.2 Å². The molecule has 0 saturated carbocycles. The number of thiazole rings is 1. The van der Waals surface area contributed by atoms with E-state index in [1.54, 1.807) is 11.1 Å². The van der Waals surface area contributed by atoms with Crippen molar-refractivity contribution in [2.45, 2.75) is 19.4 Å². The van der Waals surface area contributed by atoms with Crippen molar-refractivity contribution in [2.24, 2.45) is 0 Å². The second kappa shape index (κ2) is 4.16. The van der Waals surface area contributed by atoms with E-state index in [1.807, 2.05) is 6.92 Å². The molecular weight excluding hydrogens is 214 g/mol. The lowest BCUT2D eigenvalue weighted by atomic mass is 10.3. The standard InChI is InChI=1S/C9H13N3O2S/c1-6-4-10-8(15-6)11-9(14)12-3-2-7(13)5-12/h4,7,13H,2-3,5H2,1H3,(H,10,11,14)/t7-/m1/s1. The lowest BCUT2D eigenvalue weighted by molar-refractivity contribution is 0.176. The van der Waals surface area contributed by atoms with Gasteiger partial charge in [0.1, 0.15) is 0 Å². The van der Waals surface area contributed by atoms with E-state index in [0.717, 1.165) is 4.88 Å². The number of carbonyl (C=O) groups is 1. The van der Waals surface area contributed by atoms with Gasteiger partial charge in [0.2, 0.25) is 0 Å². The normalized spacial score (nSPS) is 20.7. The van der Waals surface area contributed by atoms with E-state index in [9.17, 15) is 9.90 Å². The highest BCUT2D eigenvalue weighted by atomic mass is 32.1. The molecule has 1 aromatic heterocycles. The van der Waals surface area contributed by atoms with Crippen LogP contribution in [-0.2, 0) is 0 Å². The van der Waals surface area contributed by atoms with Crippen LogP contribution in [0, 0.1) is 6.92 Å². The molecule has 2 rings (SSSR count). The van der Waals surface area contributed by atoms with Gasteiger partial charge in [-0.3, -0.25) is 5.32 Å². The minimum absolute atomic E-state index is 0.180. The maximum absolute atomic E-state index is 11.6. The summed E-state index contributed by atoms with van der Waals surface area (Å²) in [6, 6.07) is -0.180. The van der Waals surface area contributed by atoms with Crippen LogP contribution >= 0.6 is 11.3 Å². The number of aromatic nitrogens is 1. The smallest absolute Gasteiger partial charge is 0.323 e. The number of nitrogens with one attached hydrogen (secondary N) is 1. The third-order valence-electron chi connectivity index (χ3n) is 2.29. The summed E-state index contributed by atoms with van der Waals surface area (Å²) in [5, 5.41) is 12.6. The summed E-state index contributed by atoms with van der Waals surface area (Å²) >= 11 is 1.44. The molecule has 2 amide bonds. The van der Waals surface area contributed by atoms with E-state index >= 15 is 0 Å². The van der Waals surface area contributed by atoms with E-state index in [1.165, 1.54) is 11.3 Å². The number of rotatable bonds is 1. The highest BCUT2D eigenvalue weighted by molar-refractivity contribution is 7.15. The van der Waals surface area contributed by atoms with E-state index < -0.39 is 0 Å². The van der Waals surface area contributed by atoms with Crippen LogP contribution in [0.3, 0.4) is 0 Å². The molecule has 0 bridgehead atoms. The molecule has 0 aliphatic carbocycles. The number of likely N-dealkylation sites (tertiary alicyclic amines) is 1. The van der Waals surface area contributed by atoms with Crippen LogP contribution < -0.4 is 5.32 Å². The number of β-amino-alcohol motifs (C(OH)–C–C–N with tert-alkyl or cyclic N) is 1. The van der Waals surface area contributed by atoms with Crippen LogP contribution in [0.4, 0.5) is 9.93 Å². The minimum atomic E-state index is -0.381. The highest BCUT2D eigenvalue weighted by Crippen LogP contribution is 2.18. The Balaban J connectivity index is 1.92. The molecule has 0 aromatic carbocycles. The van der Waals surface area contributed by atoms with Crippen molar-refractivity contribution >= 4 is 22.5 Å². The molecule has 0 unspecified atom stereocenters. The number of hydrogen-bond acceptors (Lipinski definition) is 4.